The van der Waals surface area contributed by atoms with Gasteiger partial charge >= 0.3 is 5.69 Å². The molecule has 0 spiro atoms. The Bertz CT molecular complexity index is 1100. The fraction of sp³-hybridized carbons (Fsp3) is 0.750. The van der Waals surface area contributed by atoms with Crippen LogP contribution in [-0.2, 0) is 9.05 Å². The zero-order valence-electron chi connectivity index (χ0n) is 21.2. The summed E-state index contributed by atoms with van der Waals surface area (Å²) in [7, 11) is -6.17. The van der Waals surface area contributed by atoms with E-state index in [0.29, 0.717) is 17.7 Å². The monoisotopic (exact) mass is 516 g/mol. The van der Waals surface area contributed by atoms with E-state index in [1.165, 1.54) is 6.42 Å². The number of rotatable bonds is 8. The fourth-order valence-corrected chi connectivity index (χ4v) is 10.2. The minimum absolute atomic E-state index is 0.0108. The van der Waals surface area contributed by atoms with Crippen molar-refractivity contribution in [2.24, 2.45) is 17.3 Å². The van der Waals surface area contributed by atoms with Crippen LogP contribution in [0, 0.1) is 31.1 Å². The first-order valence-electron chi connectivity index (χ1n) is 12.2. The van der Waals surface area contributed by atoms with Crippen LogP contribution in [0.15, 0.2) is 9.59 Å². The number of nitrogens with zero attached hydrogens (tertiary/aromatic N) is 1. The summed E-state index contributed by atoms with van der Waals surface area (Å²) in [5.41, 5.74) is 0.225. The van der Waals surface area contributed by atoms with Crippen molar-refractivity contribution >= 4 is 27.3 Å². The second-order valence-electron chi connectivity index (χ2n) is 11.0. The lowest BCUT2D eigenvalue weighted by Gasteiger charge is -2.34. The number of aromatic nitrogens is 2. The van der Waals surface area contributed by atoms with Gasteiger partial charge in [0.05, 0.1) is 18.6 Å². The molecular weight excluding hydrogens is 474 g/mol. The molecule has 5 unspecified atom stereocenters. The second kappa shape index (κ2) is 10.2. The van der Waals surface area contributed by atoms with Gasteiger partial charge in [0.1, 0.15) is 14.7 Å². The van der Waals surface area contributed by atoms with Crippen LogP contribution < -0.4 is 11.2 Å². The number of H-pyrrole nitrogens is 1. The van der Waals surface area contributed by atoms with Crippen molar-refractivity contribution in [3.8, 4) is 0 Å². The Balaban J connectivity index is 1.70. The minimum atomic E-state index is -3.13. The topological polar surface area (TPSA) is 114 Å². The molecule has 0 amide bonds. The van der Waals surface area contributed by atoms with Gasteiger partial charge in [-0.15, -0.1) is 0 Å². The van der Waals surface area contributed by atoms with Crippen molar-refractivity contribution < 1.29 is 18.8 Å². The first-order valence-corrected chi connectivity index (χ1v) is 16.3. The maximum atomic E-state index is 12.7. The van der Waals surface area contributed by atoms with Gasteiger partial charge in [-0.3, -0.25) is 14.3 Å². The first kappa shape index (κ1) is 27.7. The summed E-state index contributed by atoms with van der Waals surface area (Å²) in [5, 5.41) is 0. The van der Waals surface area contributed by atoms with E-state index in [1.807, 2.05) is 6.92 Å². The van der Waals surface area contributed by atoms with E-state index in [9.17, 15) is 19.4 Å². The molecule has 2 fully saturated rings. The highest BCUT2D eigenvalue weighted by Gasteiger charge is 2.48. The highest BCUT2D eigenvalue weighted by Crippen LogP contribution is 2.60. The molecule has 0 aliphatic heterocycles. The molecule has 0 aromatic carbocycles. The molecule has 3 rings (SSSR count). The predicted molar refractivity (Wildman–Crippen MR) is 142 cm³/mol. The number of aromatic amines is 1. The van der Waals surface area contributed by atoms with Gasteiger partial charge in [0.2, 0.25) is 0 Å². The molecule has 0 bridgehead atoms. The van der Waals surface area contributed by atoms with Crippen LogP contribution in [0.25, 0.3) is 0 Å². The Morgan fingerprint density at radius 3 is 2.35 bits per heavy atom. The zero-order valence-corrected chi connectivity index (χ0v) is 23.0. The van der Waals surface area contributed by atoms with E-state index >= 15 is 0 Å². The highest BCUT2D eigenvalue weighted by molar-refractivity contribution is 7.80. The Labute approximate surface area is 203 Å². The largest absolute Gasteiger partial charge is 0.353 e. The fourth-order valence-electron chi connectivity index (χ4n) is 5.58. The molecule has 3 N–H and O–H groups in total. The van der Waals surface area contributed by atoms with Crippen molar-refractivity contribution in [3.05, 3.63) is 32.1 Å². The van der Waals surface area contributed by atoms with Crippen molar-refractivity contribution in [1.29, 1.82) is 0 Å². The lowest BCUT2D eigenvalue weighted by molar-refractivity contribution is 0.151. The number of nitrogens with one attached hydrogen (secondary N) is 1. The van der Waals surface area contributed by atoms with E-state index < -0.39 is 20.4 Å². The van der Waals surface area contributed by atoms with E-state index in [4.69, 9.17) is 9.05 Å². The molecule has 0 saturated heterocycles. The van der Waals surface area contributed by atoms with E-state index in [-0.39, 0.29) is 47.5 Å². The van der Waals surface area contributed by atoms with Gasteiger partial charge in [-0.05, 0) is 50.4 Å². The summed E-state index contributed by atoms with van der Waals surface area (Å²) in [4.78, 5) is 48.9. The highest BCUT2D eigenvalue weighted by atomic mass is 31.2. The molecule has 5 atom stereocenters. The zero-order chi connectivity index (χ0) is 25.5. The standard InChI is InChI=1S/C24H42N2O6P2/c1-16-18(3)26(23(28)25-22(16)27)21-13-19(17(2)24(21,4)5)14-31-33(6,29)15-34(7,30)32-20-11-9-8-10-12-20/h17,19-21,29-30H,6-15H2,1-5H3,(H,25,27,28). The van der Waals surface area contributed by atoms with Gasteiger partial charge in [-0.2, -0.15) is 0 Å². The van der Waals surface area contributed by atoms with Gasteiger partial charge in [0, 0.05) is 17.3 Å². The average molecular weight is 517 g/mol. The summed E-state index contributed by atoms with van der Waals surface area (Å²) < 4.78 is 13.6. The summed E-state index contributed by atoms with van der Waals surface area (Å²) in [6.07, 6.45) is 13.6. The number of hydrogen-bond donors (Lipinski definition) is 3. The molecule has 10 heteroatoms. The van der Waals surface area contributed by atoms with E-state index in [0.717, 1.165) is 25.7 Å². The van der Waals surface area contributed by atoms with E-state index in [2.05, 4.69) is 38.4 Å². The molecule has 8 nitrogen and oxygen atoms in total. The summed E-state index contributed by atoms with van der Waals surface area (Å²) in [6.45, 7) is 10.2. The summed E-state index contributed by atoms with van der Waals surface area (Å²) in [6, 6.07) is -0.123. The second-order valence-corrected chi connectivity index (χ2v) is 15.9. The Morgan fingerprint density at radius 2 is 1.74 bits per heavy atom. The van der Waals surface area contributed by atoms with Crippen molar-refractivity contribution in [3.63, 3.8) is 0 Å². The molecule has 0 radical (unpaired) electrons. The van der Waals surface area contributed by atoms with Gasteiger partial charge in [0.15, 0.2) is 0 Å². The lowest BCUT2D eigenvalue weighted by atomic mass is 9.78. The molecule has 34 heavy (non-hydrogen) atoms. The normalized spacial score (nSPS) is 29.0. The molecule has 1 aromatic rings. The van der Waals surface area contributed by atoms with Crippen molar-refractivity contribution in [1.82, 2.24) is 9.55 Å². The SMILES string of the molecule is C=P(O)(CP(=C)(O)OC1CCCCC1)OCC1CC(n2c(C)c(C)c(=O)[nH]c2=O)C(C)(C)C1C. The van der Waals surface area contributed by atoms with E-state index in [1.54, 1.807) is 11.5 Å². The summed E-state index contributed by atoms with van der Waals surface area (Å²) >= 11 is 0. The van der Waals surface area contributed by atoms with Gasteiger partial charge in [-0.1, -0.05) is 52.6 Å². The van der Waals surface area contributed by atoms with Crippen LogP contribution in [0.5, 0.6) is 0 Å². The van der Waals surface area contributed by atoms with Gasteiger partial charge < -0.3 is 18.8 Å². The molecule has 1 heterocycles. The Morgan fingerprint density at radius 1 is 1.12 bits per heavy atom. The smallest absolute Gasteiger partial charge is 0.328 e. The van der Waals surface area contributed by atoms with Crippen LogP contribution in [0.3, 0.4) is 0 Å². The minimum Gasteiger partial charge on any atom is -0.353 e. The van der Waals surface area contributed by atoms with Gasteiger partial charge in [-0.25, -0.2) is 4.79 Å². The third-order valence-electron chi connectivity index (χ3n) is 8.13. The molecular formula is C24H42N2O6P2. The van der Waals surface area contributed by atoms with Gasteiger partial charge in [0.25, 0.3) is 5.56 Å². The first-order chi connectivity index (χ1) is 15.6. The molecule has 2 aliphatic rings. The average Bonchev–Trinajstić information content (AvgIpc) is 2.94. The van der Waals surface area contributed by atoms with Crippen LogP contribution in [0.2, 0.25) is 0 Å². The lowest BCUT2D eigenvalue weighted by Crippen LogP contribution is -2.39. The van der Waals surface area contributed by atoms with Crippen molar-refractivity contribution in [2.45, 2.75) is 85.3 Å². The molecule has 2 saturated carbocycles. The van der Waals surface area contributed by atoms with Crippen molar-refractivity contribution in [2.75, 3.05) is 12.5 Å². The third-order valence-corrected chi connectivity index (χ3v) is 13.0. The third kappa shape index (κ3) is 6.08. The Hall–Kier alpha value is -0.880. The van der Waals surface area contributed by atoms with Crippen LogP contribution in [0.1, 0.15) is 76.6 Å². The summed E-state index contributed by atoms with van der Waals surface area (Å²) in [5.74, 6) is 0.201. The molecule has 2 aliphatic carbocycles. The quantitative estimate of drug-likeness (QED) is 0.446. The molecule has 194 valence electrons. The van der Waals surface area contributed by atoms with Crippen LogP contribution in [-0.4, -0.2) is 50.6 Å². The maximum Gasteiger partial charge on any atom is 0.328 e. The number of hydrogen-bond acceptors (Lipinski definition) is 6. The van der Waals surface area contributed by atoms with Crippen LogP contribution >= 0.6 is 14.7 Å². The Kier molecular flexibility index (Phi) is 8.34. The predicted octanol–water partition coefficient (Wildman–Crippen LogP) is 4.24. The van der Waals surface area contributed by atoms with Crippen LogP contribution in [0.4, 0.5) is 0 Å². The molecule has 1 aromatic heterocycles. The maximum absolute atomic E-state index is 12.7.